The van der Waals surface area contributed by atoms with Crippen LogP contribution in [0.2, 0.25) is 5.02 Å². The Kier molecular flexibility index (Phi) is 4.99. The average Bonchev–Trinajstić information content (AvgIpc) is 3.44. The Labute approximate surface area is 212 Å². The molecule has 10 heteroatoms. The fourth-order valence-corrected chi connectivity index (χ4v) is 5.67. The lowest BCUT2D eigenvalue weighted by Gasteiger charge is -2.27. The molecule has 0 N–H and O–H groups in total. The van der Waals surface area contributed by atoms with Crippen LogP contribution in [0.1, 0.15) is 37.9 Å². The van der Waals surface area contributed by atoms with Gasteiger partial charge in [-0.2, -0.15) is 13.2 Å². The lowest BCUT2D eigenvalue weighted by molar-refractivity contribution is -0.137. The third-order valence-electron chi connectivity index (χ3n) is 7.15. The second-order valence-electron chi connectivity index (χ2n) is 9.09. The number of halogens is 4. The van der Waals surface area contributed by atoms with Crippen molar-refractivity contribution in [3.63, 3.8) is 0 Å². The van der Waals surface area contributed by atoms with Crippen LogP contribution in [0.3, 0.4) is 0 Å². The number of amides is 2. The molecule has 2 heterocycles. The topological polar surface area (TPSA) is 80.8 Å². The maximum Gasteiger partial charge on any atom is 0.416 e. The molecule has 0 unspecified atom stereocenters. The Morgan fingerprint density at radius 1 is 0.811 bits per heavy atom. The van der Waals surface area contributed by atoms with Gasteiger partial charge in [-0.05, 0) is 35.9 Å². The summed E-state index contributed by atoms with van der Waals surface area (Å²) in [6.07, 6.45) is -5.91. The van der Waals surface area contributed by atoms with E-state index in [1.54, 1.807) is 24.3 Å². The number of benzene rings is 3. The molecule has 186 valence electrons. The first kappa shape index (κ1) is 23.6. The first-order chi connectivity index (χ1) is 17.6. The van der Waals surface area contributed by atoms with E-state index in [1.807, 2.05) is 0 Å². The van der Waals surface area contributed by atoms with Crippen LogP contribution in [0.25, 0.3) is 0 Å². The second kappa shape index (κ2) is 7.84. The van der Waals surface area contributed by atoms with Gasteiger partial charge in [0.05, 0.1) is 29.2 Å². The van der Waals surface area contributed by atoms with E-state index in [0.29, 0.717) is 21.6 Å². The van der Waals surface area contributed by atoms with Crippen LogP contribution < -0.4 is 4.90 Å². The smallest absolute Gasteiger partial charge is 0.349 e. The monoisotopic (exact) mass is 525 g/mol. The Hall–Kier alpha value is -3.82. The highest BCUT2D eigenvalue weighted by Crippen LogP contribution is 2.57. The van der Waals surface area contributed by atoms with Gasteiger partial charge < -0.3 is 4.74 Å². The molecule has 0 radical (unpaired) electrons. The summed E-state index contributed by atoms with van der Waals surface area (Å²) >= 11 is 5.99. The average molecular weight is 526 g/mol. The zero-order chi connectivity index (χ0) is 26.3. The van der Waals surface area contributed by atoms with Gasteiger partial charge in [-0.15, -0.1) is 0 Å². The van der Waals surface area contributed by atoms with Crippen molar-refractivity contribution in [3.8, 4) is 0 Å². The summed E-state index contributed by atoms with van der Waals surface area (Å²) in [6.45, 7) is 0. The number of ether oxygens (including phenoxy) is 1. The van der Waals surface area contributed by atoms with E-state index in [9.17, 15) is 32.3 Å². The number of anilines is 1. The third-order valence-corrected chi connectivity index (χ3v) is 7.40. The number of alkyl halides is 3. The van der Waals surface area contributed by atoms with Crippen molar-refractivity contribution in [1.29, 1.82) is 0 Å². The highest BCUT2D eigenvalue weighted by Gasteiger charge is 2.74. The Morgan fingerprint density at radius 2 is 1.43 bits per heavy atom. The summed E-state index contributed by atoms with van der Waals surface area (Å²) < 4.78 is 46.3. The first-order valence-corrected chi connectivity index (χ1v) is 11.6. The Bertz CT molecular complexity index is 1480. The number of imide groups is 1. The van der Waals surface area contributed by atoms with Gasteiger partial charge in [0.25, 0.3) is 0 Å². The largest absolute Gasteiger partial charge is 0.416 e. The highest BCUT2D eigenvalue weighted by atomic mass is 35.5. The predicted molar refractivity (Wildman–Crippen MR) is 124 cm³/mol. The molecule has 3 aromatic carbocycles. The van der Waals surface area contributed by atoms with Crippen molar-refractivity contribution in [2.45, 2.75) is 17.9 Å². The van der Waals surface area contributed by atoms with Crippen LogP contribution in [-0.4, -0.2) is 29.0 Å². The van der Waals surface area contributed by atoms with Crippen molar-refractivity contribution in [3.05, 3.63) is 100 Å². The molecule has 2 fully saturated rings. The van der Waals surface area contributed by atoms with E-state index in [2.05, 4.69) is 0 Å². The molecule has 6 nitrogen and oxygen atoms in total. The minimum Gasteiger partial charge on any atom is -0.349 e. The number of carbonyl (C=O) groups excluding carboxylic acids is 4. The van der Waals surface area contributed by atoms with Crippen molar-refractivity contribution < 1.29 is 37.1 Å². The number of ketones is 2. The fraction of sp³-hybridized carbons (Fsp3) is 0.185. The molecule has 0 saturated carbocycles. The van der Waals surface area contributed by atoms with E-state index in [1.165, 1.54) is 30.3 Å². The fourth-order valence-electron chi connectivity index (χ4n) is 5.55. The minimum atomic E-state index is -4.72. The summed E-state index contributed by atoms with van der Waals surface area (Å²) in [6, 6.07) is 15.9. The number of carbonyl (C=O) groups is 4. The van der Waals surface area contributed by atoms with Crippen molar-refractivity contribution in [1.82, 2.24) is 0 Å². The van der Waals surface area contributed by atoms with Gasteiger partial charge in [0, 0.05) is 16.1 Å². The lowest BCUT2D eigenvalue weighted by Crippen LogP contribution is -2.51. The van der Waals surface area contributed by atoms with Crippen molar-refractivity contribution >= 4 is 40.7 Å². The van der Waals surface area contributed by atoms with Gasteiger partial charge in [-0.1, -0.05) is 54.1 Å². The van der Waals surface area contributed by atoms with Gasteiger partial charge in [0.15, 0.2) is 0 Å². The van der Waals surface area contributed by atoms with E-state index in [4.69, 9.17) is 16.3 Å². The molecule has 0 bridgehead atoms. The molecule has 3 aliphatic rings. The quantitative estimate of drug-likeness (QED) is 0.345. The molecular formula is C27H15ClF3NO5. The maximum absolute atomic E-state index is 13.8. The predicted octanol–water partition coefficient (Wildman–Crippen LogP) is 5.05. The molecule has 6 rings (SSSR count). The van der Waals surface area contributed by atoms with Gasteiger partial charge in [0.1, 0.15) is 0 Å². The van der Waals surface area contributed by atoms with Crippen LogP contribution in [-0.2, 0) is 20.5 Å². The number of fused-ring (bicyclic) bond motifs is 3. The summed E-state index contributed by atoms with van der Waals surface area (Å²) in [4.78, 5) is 55.5. The van der Waals surface area contributed by atoms with Gasteiger partial charge >= 0.3 is 6.18 Å². The number of rotatable bonds is 2. The van der Waals surface area contributed by atoms with E-state index in [-0.39, 0.29) is 16.8 Å². The molecule has 3 aromatic rings. The molecular weight excluding hydrogens is 511 g/mol. The van der Waals surface area contributed by atoms with Crippen LogP contribution in [0.5, 0.6) is 0 Å². The maximum atomic E-state index is 13.8. The summed E-state index contributed by atoms with van der Waals surface area (Å²) in [7, 11) is 0. The molecule has 37 heavy (non-hydrogen) atoms. The van der Waals surface area contributed by atoms with Gasteiger partial charge in [-0.3, -0.25) is 19.2 Å². The number of Topliss-reactive ketones (excluding diaryl/α,β-unsaturated/α-hetero) is 2. The first-order valence-electron chi connectivity index (χ1n) is 11.2. The number of hydrogen-bond donors (Lipinski definition) is 0. The summed E-state index contributed by atoms with van der Waals surface area (Å²) in [5.74, 6) is -6.24. The van der Waals surface area contributed by atoms with Crippen LogP contribution in [0.4, 0.5) is 18.9 Å². The third kappa shape index (κ3) is 3.17. The minimum absolute atomic E-state index is 0.0563. The normalized spacial score (nSPS) is 24.2. The zero-order valence-corrected chi connectivity index (χ0v) is 19.4. The molecule has 3 atom stereocenters. The van der Waals surface area contributed by atoms with Crippen molar-refractivity contribution in [2.75, 3.05) is 4.90 Å². The van der Waals surface area contributed by atoms with Gasteiger partial charge in [0.2, 0.25) is 29.0 Å². The van der Waals surface area contributed by atoms with E-state index in [0.717, 1.165) is 12.1 Å². The zero-order valence-electron chi connectivity index (χ0n) is 18.7. The van der Waals surface area contributed by atoms with E-state index < -0.39 is 58.7 Å². The molecule has 1 aliphatic carbocycles. The molecule has 0 aromatic heterocycles. The molecule has 1 spiro atoms. The highest BCUT2D eigenvalue weighted by molar-refractivity contribution is 6.37. The standard InChI is InChI=1S/C27H15ClF3NO5/c28-15-10-8-13(9-11-15)21-19-20(26(37-21)22(33)17-6-1-2-7-18(17)23(26)34)25(36)32(24(19)35)16-5-3-4-14(12-16)27(29,30)31/h1-12,19-21H/t19-,20-,21-/m1/s1. The van der Waals surface area contributed by atoms with E-state index >= 15 is 0 Å². The second-order valence-corrected chi connectivity index (χ2v) is 9.53. The molecule has 2 amide bonds. The SMILES string of the molecule is O=C1[C@H]2[C@@H](c3ccc(Cl)cc3)OC3(C(=O)c4ccccc4C3=O)[C@H]2C(=O)N1c1cccc(C(F)(F)F)c1. The lowest BCUT2D eigenvalue weighted by atomic mass is 9.77. The number of nitrogens with zero attached hydrogens (tertiary/aromatic N) is 1. The molecule has 2 saturated heterocycles. The van der Waals surface area contributed by atoms with Crippen LogP contribution in [0.15, 0.2) is 72.8 Å². The van der Waals surface area contributed by atoms with Crippen molar-refractivity contribution in [2.24, 2.45) is 11.8 Å². The molecule has 2 aliphatic heterocycles. The number of hydrogen-bond acceptors (Lipinski definition) is 5. The van der Waals surface area contributed by atoms with Crippen LogP contribution >= 0.6 is 11.6 Å². The summed E-state index contributed by atoms with van der Waals surface area (Å²) in [5.41, 5.74) is -3.17. The van der Waals surface area contributed by atoms with Crippen LogP contribution in [0, 0.1) is 11.8 Å². The Balaban J connectivity index is 1.53. The summed E-state index contributed by atoms with van der Waals surface area (Å²) in [5, 5.41) is 0.382. The van der Waals surface area contributed by atoms with Gasteiger partial charge in [-0.25, -0.2) is 4.90 Å². The Morgan fingerprint density at radius 3 is 2.03 bits per heavy atom.